The van der Waals surface area contributed by atoms with Crippen molar-refractivity contribution in [3.8, 4) is 5.75 Å². The lowest BCUT2D eigenvalue weighted by atomic mass is 10.1. The number of esters is 1. The lowest BCUT2D eigenvalue weighted by Gasteiger charge is -2.06. The molecule has 0 spiro atoms. The number of carbonyl (C=O) groups excluding carboxylic acids is 3. The second-order valence-electron chi connectivity index (χ2n) is 5.69. The van der Waals surface area contributed by atoms with Crippen LogP contribution in [0.3, 0.4) is 0 Å². The third kappa shape index (κ3) is 6.05. The van der Waals surface area contributed by atoms with Gasteiger partial charge in [-0.1, -0.05) is 12.1 Å². The molecule has 1 N–H and O–H groups in total. The zero-order chi connectivity index (χ0) is 18.9. The fourth-order valence-corrected chi connectivity index (χ4v) is 2.28. The van der Waals surface area contributed by atoms with Crippen molar-refractivity contribution in [3.05, 3.63) is 59.7 Å². The number of benzene rings is 2. The van der Waals surface area contributed by atoms with Gasteiger partial charge in [-0.25, -0.2) is 0 Å². The first-order valence-corrected chi connectivity index (χ1v) is 8.17. The van der Waals surface area contributed by atoms with Gasteiger partial charge in [0.05, 0.1) is 7.11 Å². The van der Waals surface area contributed by atoms with E-state index in [1.807, 2.05) is 24.3 Å². The molecule has 0 unspecified atom stereocenters. The van der Waals surface area contributed by atoms with Gasteiger partial charge in [-0.2, -0.15) is 0 Å². The molecule has 0 heterocycles. The van der Waals surface area contributed by atoms with E-state index < -0.39 is 5.97 Å². The largest absolute Gasteiger partial charge is 0.497 e. The van der Waals surface area contributed by atoms with E-state index in [2.05, 4.69) is 5.32 Å². The van der Waals surface area contributed by atoms with Gasteiger partial charge in [0, 0.05) is 24.6 Å². The van der Waals surface area contributed by atoms with Crippen LogP contribution >= 0.6 is 0 Å². The molecule has 6 nitrogen and oxygen atoms in total. The number of hydrogen-bond acceptors (Lipinski definition) is 5. The Bertz CT molecular complexity index is 766. The van der Waals surface area contributed by atoms with Crippen molar-refractivity contribution in [1.82, 2.24) is 0 Å². The van der Waals surface area contributed by atoms with Crippen LogP contribution in [0, 0.1) is 0 Å². The van der Waals surface area contributed by atoms with Crippen molar-refractivity contribution in [2.75, 3.05) is 19.0 Å². The molecule has 0 atom stereocenters. The summed E-state index contributed by atoms with van der Waals surface area (Å²) in [7, 11) is 1.59. The molecule has 26 heavy (non-hydrogen) atoms. The Labute approximate surface area is 152 Å². The summed E-state index contributed by atoms with van der Waals surface area (Å²) in [4.78, 5) is 34.8. The van der Waals surface area contributed by atoms with Gasteiger partial charge >= 0.3 is 5.97 Å². The predicted octanol–water partition coefficient (Wildman–Crippen LogP) is 3.01. The minimum absolute atomic E-state index is 0.185. The zero-order valence-corrected chi connectivity index (χ0v) is 14.8. The quantitative estimate of drug-likeness (QED) is 0.581. The summed E-state index contributed by atoms with van der Waals surface area (Å²) in [5, 5.41) is 2.62. The van der Waals surface area contributed by atoms with Crippen molar-refractivity contribution in [2.45, 2.75) is 19.8 Å². The molecule has 6 heteroatoms. The minimum Gasteiger partial charge on any atom is -0.497 e. The van der Waals surface area contributed by atoms with Crippen LogP contribution in [0.25, 0.3) is 0 Å². The fourth-order valence-electron chi connectivity index (χ4n) is 2.28. The van der Waals surface area contributed by atoms with Crippen molar-refractivity contribution in [2.24, 2.45) is 0 Å². The molecular weight excluding hydrogens is 334 g/mol. The molecule has 2 aromatic carbocycles. The van der Waals surface area contributed by atoms with Crippen molar-refractivity contribution in [1.29, 1.82) is 0 Å². The van der Waals surface area contributed by atoms with E-state index >= 15 is 0 Å². The summed E-state index contributed by atoms with van der Waals surface area (Å²) in [5.41, 5.74) is 2.01. The zero-order valence-electron chi connectivity index (χ0n) is 14.8. The lowest BCUT2D eigenvalue weighted by Crippen LogP contribution is -2.14. The van der Waals surface area contributed by atoms with Gasteiger partial charge in [0.15, 0.2) is 12.4 Å². The number of ketones is 1. The fraction of sp³-hybridized carbons (Fsp3) is 0.250. The first kappa shape index (κ1) is 19.2. The van der Waals surface area contributed by atoms with Gasteiger partial charge in [0.2, 0.25) is 5.91 Å². The second kappa shape index (κ2) is 9.36. The molecule has 0 saturated carbocycles. The normalized spacial score (nSPS) is 10.1. The van der Waals surface area contributed by atoms with E-state index in [0.29, 0.717) is 17.7 Å². The Kier molecular flexibility index (Phi) is 6.91. The maximum Gasteiger partial charge on any atom is 0.306 e. The summed E-state index contributed by atoms with van der Waals surface area (Å²) in [6.07, 6.45) is 0.726. The number of aryl methyl sites for hydroxylation is 1. The summed E-state index contributed by atoms with van der Waals surface area (Å²) in [6, 6.07) is 13.8. The van der Waals surface area contributed by atoms with Crippen LogP contribution in [0.2, 0.25) is 0 Å². The molecule has 0 aliphatic heterocycles. The van der Waals surface area contributed by atoms with Crippen LogP contribution in [0.4, 0.5) is 5.69 Å². The van der Waals surface area contributed by atoms with Gasteiger partial charge in [0.1, 0.15) is 5.75 Å². The first-order valence-electron chi connectivity index (χ1n) is 8.17. The minimum atomic E-state index is -0.427. The van der Waals surface area contributed by atoms with Gasteiger partial charge < -0.3 is 14.8 Å². The van der Waals surface area contributed by atoms with E-state index in [1.54, 1.807) is 31.4 Å². The highest BCUT2D eigenvalue weighted by Crippen LogP contribution is 2.13. The smallest absolute Gasteiger partial charge is 0.306 e. The number of hydrogen-bond donors (Lipinski definition) is 1. The van der Waals surface area contributed by atoms with E-state index in [1.165, 1.54) is 6.92 Å². The molecule has 1 amide bonds. The Morgan fingerprint density at radius 3 is 2.19 bits per heavy atom. The van der Waals surface area contributed by atoms with E-state index in [0.717, 1.165) is 11.3 Å². The number of rotatable bonds is 8. The second-order valence-corrected chi connectivity index (χ2v) is 5.69. The third-order valence-electron chi connectivity index (χ3n) is 3.67. The number of amides is 1. The number of ether oxygens (including phenoxy) is 2. The Hall–Kier alpha value is -3.15. The van der Waals surface area contributed by atoms with Gasteiger partial charge in [-0.15, -0.1) is 0 Å². The SMILES string of the molecule is COc1ccc(CCC(=O)OCC(=O)c2ccc(NC(C)=O)cc2)cc1. The van der Waals surface area contributed by atoms with Crippen molar-refractivity contribution < 1.29 is 23.9 Å². The number of Topliss-reactive ketones (excluding diaryl/α,β-unsaturated/α-hetero) is 1. The van der Waals surface area contributed by atoms with Crippen LogP contribution < -0.4 is 10.1 Å². The molecular formula is C20H21NO5. The number of methoxy groups -OCH3 is 1. The molecule has 136 valence electrons. The maximum absolute atomic E-state index is 12.0. The van der Waals surface area contributed by atoms with Crippen LogP contribution in [0.5, 0.6) is 5.75 Å². The van der Waals surface area contributed by atoms with Gasteiger partial charge in [-0.05, 0) is 48.4 Å². The summed E-state index contributed by atoms with van der Waals surface area (Å²) in [5.74, 6) is -0.150. The first-order chi connectivity index (χ1) is 12.5. The lowest BCUT2D eigenvalue weighted by molar-refractivity contribution is -0.142. The monoisotopic (exact) mass is 355 g/mol. The van der Waals surface area contributed by atoms with Crippen LogP contribution in [-0.4, -0.2) is 31.4 Å². The number of nitrogens with one attached hydrogen (secondary N) is 1. The maximum atomic E-state index is 12.0. The Balaban J connectivity index is 1.77. The van der Waals surface area contributed by atoms with Crippen LogP contribution in [-0.2, 0) is 20.7 Å². The highest BCUT2D eigenvalue weighted by atomic mass is 16.5. The summed E-state index contributed by atoms with van der Waals surface area (Å²) < 4.78 is 10.1. The highest BCUT2D eigenvalue weighted by Gasteiger charge is 2.10. The molecule has 0 aliphatic carbocycles. The van der Waals surface area contributed by atoms with Gasteiger partial charge in [-0.3, -0.25) is 14.4 Å². The molecule has 0 fully saturated rings. The van der Waals surface area contributed by atoms with Crippen molar-refractivity contribution in [3.63, 3.8) is 0 Å². The van der Waals surface area contributed by atoms with Crippen molar-refractivity contribution >= 4 is 23.3 Å². The molecule has 0 aliphatic rings. The van der Waals surface area contributed by atoms with Crippen LogP contribution in [0.15, 0.2) is 48.5 Å². The number of carbonyl (C=O) groups is 3. The molecule has 0 saturated heterocycles. The molecule has 2 rings (SSSR count). The average molecular weight is 355 g/mol. The van der Waals surface area contributed by atoms with E-state index in [-0.39, 0.29) is 24.7 Å². The Morgan fingerprint density at radius 2 is 1.62 bits per heavy atom. The van der Waals surface area contributed by atoms with Crippen LogP contribution in [0.1, 0.15) is 29.3 Å². The highest BCUT2D eigenvalue weighted by molar-refractivity contribution is 5.98. The molecule has 0 aromatic heterocycles. The topological polar surface area (TPSA) is 81.7 Å². The Morgan fingerprint density at radius 1 is 0.962 bits per heavy atom. The van der Waals surface area contributed by atoms with E-state index in [4.69, 9.17) is 9.47 Å². The molecule has 0 radical (unpaired) electrons. The molecule has 0 bridgehead atoms. The summed E-state index contributed by atoms with van der Waals surface area (Å²) >= 11 is 0. The third-order valence-corrected chi connectivity index (χ3v) is 3.67. The van der Waals surface area contributed by atoms with E-state index in [9.17, 15) is 14.4 Å². The predicted molar refractivity (Wildman–Crippen MR) is 97.4 cm³/mol. The molecule has 2 aromatic rings. The summed E-state index contributed by atoms with van der Waals surface area (Å²) in [6.45, 7) is 1.10. The average Bonchev–Trinajstić information content (AvgIpc) is 2.65. The van der Waals surface area contributed by atoms with Gasteiger partial charge in [0.25, 0.3) is 0 Å². The standard InChI is InChI=1S/C20H21NO5/c1-14(22)21-17-8-6-16(7-9-17)19(23)13-26-20(24)12-5-15-3-10-18(25-2)11-4-15/h3-4,6-11H,5,12-13H2,1-2H3,(H,21,22). The number of anilines is 1.